The Morgan fingerprint density at radius 2 is 2.00 bits per heavy atom. The van der Waals surface area contributed by atoms with Crippen LogP contribution in [-0.4, -0.2) is 48.1 Å². The first kappa shape index (κ1) is 15.7. The molecule has 0 aromatic rings. The van der Waals surface area contributed by atoms with Gasteiger partial charge in [-0.3, -0.25) is 0 Å². The summed E-state index contributed by atoms with van der Waals surface area (Å²) in [6.45, 7) is 9.78. The molecule has 0 amide bonds. The van der Waals surface area contributed by atoms with Crippen LogP contribution in [0.2, 0.25) is 0 Å². The highest BCUT2D eigenvalue weighted by Gasteiger charge is 2.35. The van der Waals surface area contributed by atoms with Crippen LogP contribution in [-0.2, 0) is 0 Å². The van der Waals surface area contributed by atoms with Crippen molar-refractivity contribution in [2.24, 2.45) is 5.92 Å². The Kier molecular flexibility index (Phi) is 6.04. The van der Waals surface area contributed by atoms with Crippen molar-refractivity contribution in [3.8, 4) is 0 Å². The minimum Gasteiger partial charge on any atom is -0.313 e. The van der Waals surface area contributed by atoms with Crippen molar-refractivity contribution in [2.75, 3.05) is 32.4 Å². The molecule has 19 heavy (non-hydrogen) atoms. The first-order valence-corrected chi connectivity index (χ1v) is 9.37. The SMILES string of the molecule is CSC1(CN2CCCNC(CC(C)C)C2)CCCC1. The summed E-state index contributed by atoms with van der Waals surface area (Å²) in [6.07, 6.45) is 10.7. The Bertz CT molecular complexity index is 261. The van der Waals surface area contributed by atoms with Gasteiger partial charge in [0.2, 0.25) is 0 Å². The van der Waals surface area contributed by atoms with E-state index in [4.69, 9.17) is 0 Å². The molecule has 0 spiro atoms. The molecule has 1 saturated carbocycles. The van der Waals surface area contributed by atoms with Gasteiger partial charge in [-0.1, -0.05) is 26.7 Å². The topological polar surface area (TPSA) is 15.3 Å². The molecule has 2 fully saturated rings. The number of hydrogen-bond acceptors (Lipinski definition) is 3. The second-order valence-corrected chi connectivity index (χ2v) is 8.24. The van der Waals surface area contributed by atoms with Gasteiger partial charge >= 0.3 is 0 Å². The summed E-state index contributed by atoms with van der Waals surface area (Å²) in [7, 11) is 0. The van der Waals surface area contributed by atoms with Gasteiger partial charge in [0.1, 0.15) is 0 Å². The number of rotatable bonds is 5. The lowest BCUT2D eigenvalue weighted by Gasteiger charge is -2.35. The number of nitrogens with zero attached hydrogens (tertiary/aromatic N) is 1. The smallest absolute Gasteiger partial charge is 0.0284 e. The van der Waals surface area contributed by atoms with E-state index in [0.717, 1.165) is 5.92 Å². The predicted molar refractivity (Wildman–Crippen MR) is 87.0 cm³/mol. The normalized spacial score (nSPS) is 28.7. The zero-order valence-corrected chi connectivity index (χ0v) is 13.9. The lowest BCUT2D eigenvalue weighted by atomic mass is 10.0. The zero-order valence-electron chi connectivity index (χ0n) is 13.1. The maximum Gasteiger partial charge on any atom is 0.0284 e. The average Bonchev–Trinajstić information content (AvgIpc) is 2.72. The van der Waals surface area contributed by atoms with E-state index in [9.17, 15) is 0 Å². The molecule has 1 heterocycles. The third kappa shape index (κ3) is 4.64. The first-order chi connectivity index (χ1) is 9.13. The first-order valence-electron chi connectivity index (χ1n) is 8.14. The van der Waals surface area contributed by atoms with Crippen LogP contribution in [0.25, 0.3) is 0 Å². The summed E-state index contributed by atoms with van der Waals surface area (Å²) in [5.41, 5.74) is 0. The summed E-state index contributed by atoms with van der Waals surface area (Å²) in [4.78, 5) is 2.76. The molecule has 2 nitrogen and oxygen atoms in total. The molecule has 112 valence electrons. The Hall–Kier alpha value is 0.270. The molecule has 3 heteroatoms. The summed E-state index contributed by atoms with van der Waals surface area (Å²) in [5.74, 6) is 0.804. The Morgan fingerprint density at radius 3 is 2.63 bits per heavy atom. The minimum atomic E-state index is 0.576. The van der Waals surface area contributed by atoms with Gasteiger partial charge in [-0.05, 0) is 50.9 Å². The van der Waals surface area contributed by atoms with Crippen LogP contribution in [0.4, 0.5) is 0 Å². The molecule has 1 atom stereocenters. The second-order valence-electron chi connectivity index (χ2n) is 6.96. The van der Waals surface area contributed by atoms with E-state index in [1.165, 1.54) is 64.7 Å². The van der Waals surface area contributed by atoms with Gasteiger partial charge in [0, 0.05) is 23.9 Å². The van der Waals surface area contributed by atoms with E-state index in [1.54, 1.807) is 0 Å². The summed E-state index contributed by atoms with van der Waals surface area (Å²) in [5, 5.41) is 3.75. The fourth-order valence-electron chi connectivity index (χ4n) is 3.80. The van der Waals surface area contributed by atoms with E-state index in [0.29, 0.717) is 10.8 Å². The Labute approximate surface area is 124 Å². The monoisotopic (exact) mass is 284 g/mol. The van der Waals surface area contributed by atoms with Crippen molar-refractivity contribution >= 4 is 11.8 Å². The van der Waals surface area contributed by atoms with Gasteiger partial charge in [-0.2, -0.15) is 11.8 Å². The molecule has 0 aromatic carbocycles. The zero-order chi connectivity index (χ0) is 13.7. The van der Waals surface area contributed by atoms with Crippen LogP contribution in [0.15, 0.2) is 0 Å². The van der Waals surface area contributed by atoms with Crippen LogP contribution < -0.4 is 5.32 Å². The lowest BCUT2D eigenvalue weighted by Crippen LogP contribution is -2.44. The van der Waals surface area contributed by atoms with Crippen molar-refractivity contribution in [2.45, 2.75) is 63.2 Å². The molecular weight excluding hydrogens is 252 g/mol. The third-order valence-electron chi connectivity index (χ3n) is 4.78. The quantitative estimate of drug-likeness (QED) is 0.833. The fourth-order valence-corrected chi connectivity index (χ4v) is 4.81. The molecule has 1 saturated heterocycles. The highest BCUT2D eigenvalue weighted by atomic mass is 32.2. The van der Waals surface area contributed by atoms with Gasteiger partial charge in [0.25, 0.3) is 0 Å². The Morgan fingerprint density at radius 1 is 1.26 bits per heavy atom. The van der Waals surface area contributed by atoms with E-state index in [-0.39, 0.29) is 0 Å². The lowest BCUT2D eigenvalue weighted by molar-refractivity contribution is 0.232. The van der Waals surface area contributed by atoms with E-state index in [1.807, 2.05) is 0 Å². The summed E-state index contributed by atoms with van der Waals surface area (Å²) < 4.78 is 0.576. The standard InChI is InChI=1S/C16H32N2S/c1-14(2)11-15-12-18(10-6-9-17-15)13-16(19-3)7-4-5-8-16/h14-15,17H,4-13H2,1-3H3. The molecule has 1 aliphatic carbocycles. The van der Waals surface area contributed by atoms with Crippen LogP contribution in [0, 0.1) is 5.92 Å². The highest BCUT2D eigenvalue weighted by molar-refractivity contribution is 8.00. The van der Waals surface area contributed by atoms with Crippen LogP contribution in [0.1, 0.15) is 52.4 Å². The summed E-state index contributed by atoms with van der Waals surface area (Å²) >= 11 is 2.13. The van der Waals surface area contributed by atoms with Crippen LogP contribution in [0.5, 0.6) is 0 Å². The van der Waals surface area contributed by atoms with E-state index in [2.05, 4.69) is 42.1 Å². The molecule has 2 rings (SSSR count). The largest absolute Gasteiger partial charge is 0.313 e. The molecule has 0 bridgehead atoms. The highest BCUT2D eigenvalue weighted by Crippen LogP contribution is 2.40. The molecule has 0 aromatic heterocycles. The van der Waals surface area contributed by atoms with E-state index >= 15 is 0 Å². The van der Waals surface area contributed by atoms with Crippen LogP contribution >= 0.6 is 11.8 Å². The minimum absolute atomic E-state index is 0.576. The van der Waals surface area contributed by atoms with Crippen molar-refractivity contribution in [3.05, 3.63) is 0 Å². The molecular formula is C16H32N2S. The van der Waals surface area contributed by atoms with Crippen molar-refractivity contribution in [1.29, 1.82) is 0 Å². The van der Waals surface area contributed by atoms with Gasteiger partial charge in [0.05, 0.1) is 0 Å². The average molecular weight is 285 g/mol. The maximum atomic E-state index is 3.75. The molecule has 1 aliphatic heterocycles. The molecule has 2 aliphatic rings. The van der Waals surface area contributed by atoms with Crippen LogP contribution in [0.3, 0.4) is 0 Å². The number of thioether (sulfide) groups is 1. The van der Waals surface area contributed by atoms with Gasteiger partial charge in [-0.15, -0.1) is 0 Å². The molecule has 1 N–H and O–H groups in total. The number of nitrogens with one attached hydrogen (secondary N) is 1. The fraction of sp³-hybridized carbons (Fsp3) is 1.00. The Balaban J connectivity index is 1.90. The van der Waals surface area contributed by atoms with Gasteiger partial charge in [0.15, 0.2) is 0 Å². The van der Waals surface area contributed by atoms with E-state index < -0.39 is 0 Å². The van der Waals surface area contributed by atoms with Gasteiger partial charge in [-0.25, -0.2) is 0 Å². The number of hydrogen-bond donors (Lipinski definition) is 1. The van der Waals surface area contributed by atoms with Crippen molar-refractivity contribution < 1.29 is 0 Å². The maximum absolute atomic E-state index is 3.75. The predicted octanol–water partition coefficient (Wildman–Crippen LogP) is 3.37. The van der Waals surface area contributed by atoms with Gasteiger partial charge < -0.3 is 10.2 Å². The molecule has 0 radical (unpaired) electrons. The second kappa shape index (κ2) is 7.33. The van der Waals surface area contributed by atoms with Crippen molar-refractivity contribution in [3.63, 3.8) is 0 Å². The summed E-state index contributed by atoms with van der Waals surface area (Å²) in [6, 6.07) is 0.711. The third-order valence-corrected chi connectivity index (χ3v) is 6.18. The van der Waals surface area contributed by atoms with Crippen molar-refractivity contribution in [1.82, 2.24) is 10.2 Å². The molecule has 1 unspecified atom stereocenters.